The first-order valence-electron chi connectivity index (χ1n) is 6.41. The van der Waals surface area contributed by atoms with Crippen molar-refractivity contribution in [1.82, 2.24) is 25.5 Å². The molecule has 1 N–H and O–H groups in total. The largest absolute Gasteiger partial charge is 0.310 e. The summed E-state index contributed by atoms with van der Waals surface area (Å²) in [5.74, 6) is 0.719. The van der Waals surface area contributed by atoms with E-state index in [1.165, 1.54) is 4.80 Å². The average molecular weight is 280 g/mol. The molecule has 0 amide bonds. The van der Waals surface area contributed by atoms with Crippen LogP contribution >= 0.6 is 11.6 Å². The van der Waals surface area contributed by atoms with Gasteiger partial charge < -0.3 is 5.32 Å². The number of hydrogen-bond donors (Lipinski definition) is 1. The Hall–Kier alpha value is -1.46. The van der Waals surface area contributed by atoms with E-state index in [2.05, 4.69) is 27.7 Å². The van der Waals surface area contributed by atoms with Gasteiger partial charge in [0.05, 0.1) is 7.05 Å². The van der Waals surface area contributed by atoms with Crippen molar-refractivity contribution in [2.45, 2.75) is 25.8 Å². The van der Waals surface area contributed by atoms with E-state index in [9.17, 15) is 0 Å². The molecule has 1 atom stereocenters. The summed E-state index contributed by atoms with van der Waals surface area (Å²) >= 11 is 6.27. The van der Waals surface area contributed by atoms with Gasteiger partial charge in [-0.05, 0) is 29.8 Å². The van der Waals surface area contributed by atoms with Gasteiger partial charge in [0.25, 0.3) is 0 Å². The first-order chi connectivity index (χ1) is 9.20. The summed E-state index contributed by atoms with van der Waals surface area (Å²) in [6.45, 7) is 3.06. The molecule has 0 radical (unpaired) electrons. The highest BCUT2D eigenvalue weighted by Crippen LogP contribution is 2.24. The smallest absolute Gasteiger partial charge is 0.176 e. The Morgan fingerprint density at radius 2 is 2.16 bits per heavy atom. The third-order valence-electron chi connectivity index (χ3n) is 2.86. The number of benzene rings is 1. The van der Waals surface area contributed by atoms with Crippen molar-refractivity contribution in [1.29, 1.82) is 0 Å². The molecule has 5 nitrogen and oxygen atoms in total. The third-order valence-corrected chi connectivity index (χ3v) is 3.20. The van der Waals surface area contributed by atoms with Crippen LogP contribution in [0.5, 0.6) is 0 Å². The zero-order valence-electron chi connectivity index (χ0n) is 11.2. The summed E-state index contributed by atoms with van der Waals surface area (Å²) < 4.78 is 0. The summed E-state index contributed by atoms with van der Waals surface area (Å²) in [5.41, 5.74) is 1.07. The van der Waals surface area contributed by atoms with Gasteiger partial charge in [-0.25, -0.2) is 0 Å². The molecule has 0 saturated carbocycles. The van der Waals surface area contributed by atoms with Crippen LogP contribution in [0.2, 0.25) is 5.02 Å². The quantitative estimate of drug-likeness (QED) is 0.880. The summed E-state index contributed by atoms with van der Waals surface area (Å²) in [5, 5.41) is 16.4. The Kier molecular flexibility index (Phi) is 4.87. The van der Waals surface area contributed by atoms with Gasteiger partial charge in [0, 0.05) is 17.5 Å². The van der Waals surface area contributed by atoms with Crippen LogP contribution in [0.3, 0.4) is 0 Å². The standard InChI is InChI=1S/C13H18ClN5/c1-3-8-15-12(9-13-16-18-19(2)17-13)10-6-4-5-7-11(10)14/h4-7,12,15H,3,8-9H2,1-2H3. The van der Waals surface area contributed by atoms with Crippen molar-refractivity contribution >= 4 is 11.6 Å². The van der Waals surface area contributed by atoms with Crippen LogP contribution < -0.4 is 5.32 Å². The molecule has 0 fully saturated rings. The van der Waals surface area contributed by atoms with E-state index in [0.717, 1.165) is 29.4 Å². The number of aromatic nitrogens is 4. The van der Waals surface area contributed by atoms with Gasteiger partial charge in [-0.1, -0.05) is 36.7 Å². The zero-order valence-corrected chi connectivity index (χ0v) is 11.9. The van der Waals surface area contributed by atoms with Crippen LogP contribution in [0, 0.1) is 0 Å². The molecule has 1 heterocycles. The molecule has 0 bridgehead atoms. The second kappa shape index (κ2) is 6.63. The highest BCUT2D eigenvalue weighted by atomic mass is 35.5. The number of hydrogen-bond acceptors (Lipinski definition) is 4. The highest BCUT2D eigenvalue weighted by Gasteiger charge is 2.16. The summed E-state index contributed by atoms with van der Waals surface area (Å²) in [4.78, 5) is 1.47. The zero-order chi connectivity index (χ0) is 13.7. The molecule has 0 saturated heterocycles. The van der Waals surface area contributed by atoms with Crippen molar-refractivity contribution in [3.63, 3.8) is 0 Å². The predicted octanol–water partition coefficient (Wildman–Crippen LogP) is 2.15. The second-order valence-electron chi connectivity index (χ2n) is 4.43. The van der Waals surface area contributed by atoms with E-state index >= 15 is 0 Å². The van der Waals surface area contributed by atoms with Gasteiger partial charge >= 0.3 is 0 Å². The Bertz CT molecular complexity index is 525. The van der Waals surface area contributed by atoms with Crippen molar-refractivity contribution < 1.29 is 0 Å². The molecule has 2 aromatic rings. The molecular formula is C13H18ClN5. The summed E-state index contributed by atoms with van der Waals surface area (Å²) in [6.07, 6.45) is 1.74. The molecule has 0 aliphatic rings. The number of aryl methyl sites for hydroxylation is 1. The minimum atomic E-state index is 0.109. The Balaban J connectivity index is 2.18. The highest BCUT2D eigenvalue weighted by molar-refractivity contribution is 6.31. The van der Waals surface area contributed by atoms with Gasteiger partial charge in [-0.3, -0.25) is 0 Å². The van der Waals surface area contributed by atoms with E-state index < -0.39 is 0 Å². The molecule has 19 heavy (non-hydrogen) atoms. The molecule has 2 rings (SSSR count). The maximum absolute atomic E-state index is 6.27. The van der Waals surface area contributed by atoms with Gasteiger partial charge in [-0.2, -0.15) is 4.80 Å². The van der Waals surface area contributed by atoms with Crippen molar-refractivity contribution in [3.8, 4) is 0 Å². The van der Waals surface area contributed by atoms with Crippen molar-refractivity contribution in [2.24, 2.45) is 7.05 Å². The Labute approximate surface area is 118 Å². The number of nitrogens with zero attached hydrogens (tertiary/aromatic N) is 4. The van der Waals surface area contributed by atoms with Gasteiger partial charge in [0.15, 0.2) is 5.82 Å². The maximum Gasteiger partial charge on any atom is 0.176 e. The minimum Gasteiger partial charge on any atom is -0.310 e. The van der Waals surface area contributed by atoms with Gasteiger partial charge in [-0.15, -0.1) is 10.2 Å². The molecule has 102 valence electrons. The Morgan fingerprint density at radius 3 is 2.79 bits per heavy atom. The molecule has 0 aliphatic heterocycles. The first kappa shape index (κ1) is 14.0. The number of tetrazole rings is 1. The van der Waals surface area contributed by atoms with E-state index in [-0.39, 0.29) is 6.04 Å². The Morgan fingerprint density at radius 1 is 1.37 bits per heavy atom. The fourth-order valence-corrected chi connectivity index (χ4v) is 2.22. The number of rotatable bonds is 6. The van der Waals surface area contributed by atoms with Crippen LogP contribution in [-0.4, -0.2) is 26.8 Å². The fourth-order valence-electron chi connectivity index (χ4n) is 1.96. The summed E-state index contributed by atoms with van der Waals surface area (Å²) in [6, 6.07) is 7.97. The monoisotopic (exact) mass is 279 g/mol. The molecule has 0 aliphatic carbocycles. The van der Waals surface area contributed by atoms with Crippen molar-refractivity contribution in [2.75, 3.05) is 6.54 Å². The minimum absolute atomic E-state index is 0.109. The maximum atomic E-state index is 6.27. The second-order valence-corrected chi connectivity index (χ2v) is 4.83. The first-order valence-corrected chi connectivity index (χ1v) is 6.79. The van der Waals surface area contributed by atoms with Crippen LogP contribution in [0.4, 0.5) is 0 Å². The van der Waals surface area contributed by atoms with E-state index in [1.54, 1.807) is 7.05 Å². The van der Waals surface area contributed by atoms with E-state index in [1.807, 2.05) is 24.3 Å². The fraction of sp³-hybridized carbons (Fsp3) is 0.462. The van der Waals surface area contributed by atoms with E-state index in [4.69, 9.17) is 11.6 Å². The predicted molar refractivity (Wildman–Crippen MR) is 75.0 cm³/mol. The number of nitrogens with one attached hydrogen (secondary N) is 1. The van der Waals surface area contributed by atoms with Crippen LogP contribution in [0.15, 0.2) is 24.3 Å². The molecular weight excluding hydrogens is 262 g/mol. The van der Waals surface area contributed by atoms with E-state index in [0.29, 0.717) is 6.42 Å². The lowest BCUT2D eigenvalue weighted by Crippen LogP contribution is -2.24. The topological polar surface area (TPSA) is 55.6 Å². The third kappa shape index (κ3) is 3.75. The normalized spacial score (nSPS) is 12.6. The van der Waals surface area contributed by atoms with Crippen LogP contribution in [0.1, 0.15) is 30.8 Å². The SMILES string of the molecule is CCCNC(Cc1nnn(C)n1)c1ccccc1Cl. The lowest BCUT2D eigenvalue weighted by atomic mass is 10.0. The van der Waals surface area contributed by atoms with Crippen LogP contribution in [0.25, 0.3) is 0 Å². The van der Waals surface area contributed by atoms with Gasteiger partial charge in [0.1, 0.15) is 0 Å². The van der Waals surface area contributed by atoms with Gasteiger partial charge in [0.2, 0.25) is 0 Å². The average Bonchev–Trinajstić information content (AvgIpc) is 2.81. The summed E-state index contributed by atoms with van der Waals surface area (Å²) in [7, 11) is 1.76. The molecule has 0 spiro atoms. The molecule has 1 aromatic heterocycles. The molecule has 1 unspecified atom stereocenters. The van der Waals surface area contributed by atoms with Crippen molar-refractivity contribution in [3.05, 3.63) is 40.7 Å². The van der Waals surface area contributed by atoms with Crippen LogP contribution in [-0.2, 0) is 13.5 Å². The number of halogens is 1. The molecule has 6 heteroatoms. The lowest BCUT2D eigenvalue weighted by molar-refractivity contribution is 0.517. The molecule has 1 aromatic carbocycles. The lowest BCUT2D eigenvalue weighted by Gasteiger charge is -2.18.